The zero-order valence-electron chi connectivity index (χ0n) is 11.1. The van der Waals surface area contributed by atoms with Crippen LogP contribution in [0.5, 0.6) is 0 Å². The Hall–Kier alpha value is -1.19. The number of halogens is 3. The Kier molecular flexibility index (Phi) is 5.17. The lowest BCUT2D eigenvalue weighted by Crippen LogP contribution is -2.51. The van der Waals surface area contributed by atoms with Crippen molar-refractivity contribution in [3.8, 4) is 0 Å². The minimum absolute atomic E-state index is 0.226. The molecule has 0 bridgehead atoms. The van der Waals surface area contributed by atoms with Crippen LogP contribution in [0.1, 0.15) is 24.0 Å². The van der Waals surface area contributed by atoms with Crippen LogP contribution in [-0.2, 0) is 4.79 Å². The minimum atomic E-state index is -4.96. The minimum Gasteiger partial charge on any atom is -0.384 e. The van der Waals surface area contributed by atoms with Gasteiger partial charge in [-0.25, -0.2) is 4.98 Å². The molecule has 1 aliphatic heterocycles. The predicted molar refractivity (Wildman–Crippen MR) is 70.7 cm³/mol. The maximum absolute atomic E-state index is 12.5. The summed E-state index contributed by atoms with van der Waals surface area (Å²) in [7, 11) is 0. The van der Waals surface area contributed by atoms with Crippen LogP contribution in [-0.4, -0.2) is 41.3 Å². The molecule has 1 amide bonds. The molecule has 0 saturated carbocycles. The maximum atomic E-state index is 12.5. The fourth-order valence-corrected chi connectivity index (χ4v) is 3.09. The predicted octanol–water partition coefficient (Wildman–Crippen LogP) is 1.22. The van der Waals surface area contributed by atoms with Gasteiger partial charge in [0.1, 0.15) is 11.1 Å². The second kappa shape index (κ2) is 6.71. The van der Waals surface area contributed by atoms with Crippen LogP contribution < -0.4 is 10.6 Å². The maximum Gasteiger partial charge on any atom is 0.471 e. The quantitative estimate of drug-likeness (QED) is 0.779. The SMILES string of the molecule is O=C(NC(C1CCNCC1)C(O)c1nccs1)C(F)(F)F. The average Bonchev–Trinajstić information content (AvgIpc) is 2.97. The van der Waals surface area contributed by atoms with Crippen molar-refractivity contribution in [3.05, 3.63) is 16.6 Å². The fourth-order valence-electron chi connectivity index (χ4n) is 2.43. The van der Waals surface area contributed by atoms with Crippen LogP contribution in [0.2, 0.25) is 0 Å². The number of aromatic nitrogens is 1. The molecule has 2 heterocycles. The number of nitrogens with zero attached hydrogens (tertiary/aromatic N) is 1. The smallest absolute Gasteiger partial charge is 0.384 e. The average molecular weight is 323 g/mol. The highest BCUT2D eigenvalue weighted by Crippen LogP contribution is 2.29. The molecule has 2 atom stereocenters. The largest absolute Gasteiger partial charge is 0.471 e. The van der Waals surface area contributed by atoms with Crippen molar-refractivity contribution in [2.45, 2.75) is 31.2 Å². The number of hydrogen-bond donors (Lipinski definition) is 3. The van der Waals surface area contributed by atoms with Crippen molar-refractivity contribution in [2.24, 2.45) is 5.92 Å². The molecule has 5 nitrogen and oxygen atoms in total. The number of thiazole rings is 1. The molecule has 0 radical (unpaired) electrons. The van der Waals surface area contributed by atoms with E-state index in [1.54, 1.807) is 5.38 Å². The van der Waals surface area contributed by atoms with Gasteiger partial charge in [-0.05, 0) is 31.8 Å². The van der Waals surface area contributed by atoms with Gasteiger partial charge in [-0.2, -0.15) is 13.2 Å². The molecule has 3 N–H and O–H groups in total. The van der Waals surface area contributed by atoms with Gasteiger partial charge in [-0.1, -0.05) is 0 Å². The van der Waals surface area contributed by atoms with Gasteiger partial charge in [-0.3, -0.25) is 4.79 Å². The zero-order valence-corrected chi connectivity index (χ0v) is 11.9. The van der Waals surface area contributed by atoms with E-state index in [1.807, 2.05) is 5.32 Å². The van der Waals surface area contributed by atoms with Crippen LogP contribution in [0.15, 0.2) is 11.6 Å². The second-order valence-electron chi connectivity index (χ2n) is 4.90. The van der Waals surface area contributed by atoms with E-state index in [-0.39, 0.29) is 5.92 Å². The molecule has 2 rings (SSSR count). The van der Waals surface area contributed by atoms with Crippen molar-refractivity contribution in [3.63, 3.8) is 0 Å². The molecular weight excluding hydrogens is 307 g/mol. The number of nitrogens with one attached hydrogen (secondary N) is 2. The van der Waals surface area contributed by atoms with Crippen LogP contribution in [0.4, 0.5) is 13.2 Å². The summed E-state index contributed by atoms with van der Waals surface area (Å²) in [6, 6.07) is -0.993. The molecule has 1 aliphatic rings. The van der Waals surface area contributed by atoms with Gasteiger partial charge in [0.05, 0.1) is 6.04 Å². The Labute approximate surface area is 123 Å². The third-order valence-corrected chi connectivity index (χ3v) is 4.34. The highest BCUT2D eigenvalue weighted by molar-refractivity contribution is 7.09. The topological polar surface area (TPSA) is 74.2 Å². The van der Waals surface area contributed by atoms with E-state index in [1.165, 1.54) is 6.20 Å². The number of carbonyl (C=O) groups excluding carboxylic acids is 1. The number of hydrogen-bond acceptors (Lipinski definition) is 5. The normalized spacial score (nSPS) is 20.0. The number of carbonyl (C=O) groups is 1. The second-order valence-corrected chi connectivity index (χ2v) is 5.83. The summed E-state index contributed by atoms with van der Waals surface area (Å²) in [5.41, 5.74) is 0. The Morgan fingerprint density at radius 3 is 2.67 bits per heavy atom. The highest BCUT2D eigenvalue weighted by atomic mass is 32.1. The number of alkyl halides is 3. The van der Waals surface area contributed by atoms with Crippen molar-refractivity contribution >= 4 is 17.2 Å². The van der Waals surface area contributed by atoms with E-state index in [9.17, 15) is 23.1 Å². The third kappa shape index (κ3) is 4.14. The van der Waals surface area contributed by atoms with Crippen LogP contribution in [0, 0.1) is 5.92 Å². The van der Waals surface area contributed by atoms with Gasteiger partial charge in [0.25, 0.3) is 0 Å². The molecule has 2 unspecified atom stereocenters. The van der Waals surface area contributed by atoms with Gasteiger partial charge < -0.3 is 15.7 Å². The Balaban J connectivity index is 2.15. The first-order valence-corrected chi connectivity index (χ1v) is 7.43. The molecule has 0 aliphatic carbocycles. The molecule has 1 aromatic heterocycles. The Morgan fingerprint density at radius 1 is 1.48 bits per heavy atom. The van der Waals surface area contributed by atoms with Crippen LogP contribution in [0.3, 0.4) is 0 Å². The Morgan fingerprint density at radius 2 is 2.14 bits per heavy atom. The molecule has 21 heavy (non-hydrogen) atoms. The third-order valence-electron chi connectivity index (χ3n) is 3.49. The van der Waals surface area contributed by atoms with E-state index in [0.29, 0.717) is 30.9 Å². The van der Waals surface area contributed by atoms with Gasteiger partial charge in [0.15, 0.2) is 0 Å². The first-order chi connectivity index (χ1) is 9.89. The Bertz CT molecular complexity index is 461. The van der Waals surface area contributed by atoms with Gasteiger partial charge in [0, 0.05) is 11.6 Å². The molecule has 9 heteroatoms. The van der Waals surface area contributed by atoms with Crippen molar-refractivity contribution in [1.29, 1.82) is 0 Å². The fraction of sp³-hybridized carbons (Fsp3) is 0.667. The highest BCUT2D eigenvalue weighted by Gasteiger charge is 2.43. The van der Waals surface area contributed by atoms with Gasteiger partial charge in [-0.15, -0.1) is 11.3 Å². The van der Waals surface area contributed by atoms with Gasteiger partial charge in [0.2, 0.25) is 0 Å². The lowest BCUT2D eigenvalue weighted by molar-refractivity contribution is -0.175. The zero-order chi connectivity index (χ0) is 15.5. The molecule has 0 aromatic carbocycles. The van der Waals surface area contributed by atoms with E-state index in [4.69, 9.17) is 0 Å². The summed E-state index contributed by atoms with van der Waals surface area (Å²) < 4.78 is 37.4. The summed E-state index contributed by atoms with van der Waals surface area (Å²) in [5, 5.41) is 17.3. The molecule has 0 spiro atoms. The summed E-state index contributed by atoms with van der Waals surface area (Å²) in [6.07, 6.45) is -3.56. The molecule has 1 aromatic rings. The number of aliphatic hydroxyl groups excluding tert-OH is 1. The van der Waals surface area contributed by atoms with E-state index < -0.39 is 24.2 Å². The number of aliphatic hydroxyl groups is 1. The van der Waals surface area contributed by atoms with E-state index in [2.05, 4.69) is 10.3 Å². The van der Waals surface area contributed by atoms with E-state index in [0.717, 1.165) is 11.3 Å². The number of piperidine rings is 1. The standard InChI is InChI=1S/C12H16F3N3O2S/c13-12(14,15)11(20)18-8(7-1-3-16-4-2-7)9(19)10-17-5-6-21-10/h5-9,16,19H,1-4H2,(H,18,20). The lowest BCUT2D eigenvalue weighted by Gasteiger charge is -2.33. The van der Waals surface area contributed by atoms with E-state index >= 15 is 0 Å². The van der Waals surface area contributed by atoms with Crippen LogP contribution in [0.25, 0.3) is 0 Å². The van der Waals surface area contributed by atoms with Gasteiger partial charge >= 0.3 is 12.1 Å². The summed E-state index contributed by atoms with van der Waals surface area (Å²) in [6.45, 7) is 1.29. The van der Waals surface area contributed by atoms with Crippen LogP contribution >= 0.6 is 11.3 Å². The first-order valence-electron chi connectivity index (χ1n) is 6.55. The first kappa shape index (κ1) is 16.2. The summed E-state index contributed by atoms with van der Waals surface area (Å²) >= 11 is 1.15. The summed E-state index contributed by atoms with van der Waals surface area (Å²) in [4.78, 5) is 15.1. The monoisotopic (exact) mass is 323 g/mol. The number of rotatable bonds is 4. The lowest BCUT2D eigenvalue weighted by atomic mass is 9.87. The molecule has 118 valence electrons. The molecular formula is C12H16F3N3O2S. The number of amides is 1. The van der Waals surface area contributed by atoms with Crippen molar-refractivity contribution in [2.75, 3.05) is 13.1 Å². The summed E-state index contributed by atoms with van der Waals surface area (Å²) in [5.74, 6) is -2.25. The van der Waals surface area contributed by atoms with Crippen molar-refractivity contribution < 1.29 is 23.1 Å². The molecule has 1 fully saturated rings. The molecule has 1 saturated heterocycles. The van der Waals surface area contributed by atoms with Crippen molar-refractivity contribution in [1.82, 2.24) is 15.6 Å².